The van der Waals surface area contributed by atoms with E-state index in [1.165, 1.54) is 44.2 Å². The monoisotopic (exact) mass is 339 g/mol. The first-order chi connectivity index (χ1) is 10.9. The summed E-state index contributed by atoms with van der Waals surface area (Å²) in [5.41, 5.74) is 0.439. The van der Waals surface area contributed by atoms with Crippen LogP contribution in [0.1, 0.15) is 30.1 Å². The molecular weight excluding hydrogens is 314 g/mol. The van der Waals surface area contributed by atoms with Crippen molar-refractivity contribution in [3.05, 3.63) is 29.8 Å². The van der Waals surface area contributed by atoms with Crippen LogP contribution in [0.2, 0.25) is 0 Å². The number of hydrogen-bond acceptors (Lipinski definition) is 4. The van der Waals surface area contributed by atoms with Crippen LogP contribution in [0.3, 0.4) is 0 Å². The van der Waals surface area contributed by atoms with Gasteiger partial charge in [-0.15, -0.1) is 0 Å². The SMILES string of the molecule is CNC(=O)c1ccc(S(=O)(=O)NCCN2CCC(C)CC2)cc1. The first-order valence-electron chi connectivity index (χ1n) is 7.96. The molecule has 6 nitrogen and oxygen atoms in total. The lowest BCUT2D eigenvalue weighted by Gasteiger charge is -2.30. The molecule has 0 spiro atoms. The van der Waals surface area contributed by atoms with Crippen LogP contribution >= 0.6 is 0 Å². The average molecular weight is 339 g/mol. The van der Waals surface area contributed by atoms with Gasteiger partial charge in [-0.3, -0.25) is 4.79 Å². The van der Waals surface area contributed by atoms with Gasteiger partial charge in [-0.1, -0.05) is 6.92 Å². The minimum Gasteiger partial charge on any atom is -0.355 e. The van der Waals surface area contributed by atoms with Crippen molar-refractivity contribution in [2.75, 3.05) is 33.2 Å². The molecule has 2 N–H and O–H groups in total. The Hall–Kier alpha value is -1.44. The van der Waals surface area contributed by atoms with Crippen molar-refractivity contribution in [3.8, 4) is 0 Å². The third-order valence-corrected chi connectivity index (χ3v) is 5.73. The Morgan fingerprint density at radius 1 is 1.22 bits per heavy atom. The van der Waals surface area contributed by atoms with E-state index in [9.17, 15) is 13.2 Å². The summed E-state index contributed by atoms with van der Waals surface area (Å²) in [4.78, 5) is 13.9. The van der Waals surface area contributed by atoms with Crippen LogP contribution in [-0.2, 0) is 10.0 Å². The van der Waals surface area contributed by atoms with Gasteiger partial charge < -0.3 is 10.2 Å². The molecule has 1 fully saturated rings. The van der Waals surface area contributed by atoms with E-state index in [1.807, 2.05) is 0 Å². The third kappa shape index (κ3) is 5.02. The summed E-state index contributed by atoms with van der Waals surface area (Å²) in [7, 11) is -1.99. The minimum absolute atomic E-state index is 0.178. The number of amides is 1. The lowest BCUT2D eigenvalue weighted by atomic mass is 9.99. The Kier molecular flexibility index (Phi) is 6.15. The summed E-state index contributed by atoms with van der Waals surface area (Å²) < 4.78 is 27.1. The maximum Gasteiger partial charge on any atom is 0.251 e. The van der Waals surface area contributed by atoms with Crippen LogP contribution in [0.15, 0.2) is 29.2 Å². The fraction of sp³-hybridized carbons (Fsp3) is 0.562. The molecule has 7 heteroatoms. The number of benzene rings is 1. The highest BCUT2D eigenvalue weighted by atomic mass is 32.2. The van der Waals surface area contributed by atoms with E-state index >= 15 is 0 Å². The molecule has 0 aliphatic carbocycles. The summed E-state index contributed by atoms with van der Waals surface area (Å²) in [5.74, 6) is 0.531. The van der Waals surface area contributed by atoms with Crippen LogP contribution in [0, 0.1) is 5.92 Å². The Balaban J connectivity index is 1.87. The molecule has 0 radical (unpaired) electrons. The molecule has 23 heavy (non-hydrogen) atoms. The van der Waals surface area contributed by atoms with Gasteiger partial charge in [0.25, 0.3) is 5.91 Å². The first kappa shape index (κ1) is 17.9. The standard InChI is InChI=1S/C16H25N3O3S/c1-13-7-10-19(11-8-13)12-9-18-23(21,22)15-5-3-14(4-6-15)16(20)17-2/h3-6,13,18H,7-12H2,1-2H3,(H,17,20). The number of carbonyl (C=O) groups excluding carboxylic acids is 1. The molecule has 0 unspecified atom stereocenters. The number of nitrogens with zero attached hydrogens (tertiary/aromatic N) is 1. The van der Waals surface area contributed by atoms with Gasteiger partial charge in [0, 0.05) is 25.7 Å². The minimum atomic E-state index is -3.53. The lowest BCUT2D eigenvalue weighted by molar-refractivity contribution is 0.0963. The number of likely N-dealkylation sites (tertiary alicyclic amines) is 1. The van der Waals surface area contributed by atoms with Crippen LogP contribution in [-0.4, -0.2) is 52.5 Å². The number of nitrogens with one attached hydrogen (secondary N) is 2. The Bertz CT molecular complexity index is 620. The van der Waals surface area contributed by atoms with Crippen LogP contribution in [0.4, 0.5) is 0 Å². The van der Waals surface area contributed by atoms with E-state index in [4.69, 9.17) is 0 Å². The number of rotatable bonds is 6. The van der Waals surface area contributed by atoms with Gasteiger partial charge in [0.05, 0.1) is 4.90 Å². The summed E-state index contributed by atoms with van der Waals surface area (Å²) in [6.45, 7) is 5.44. The molecule has 1 heterocycles. The number of sulfonamides is 1. The quantitative estimate of drug-likeness (QED) is 0.812. The van der Waals surface area contributed by atoms with E-state index in [1.54, 1.807) is 0 Å². The molecule has 1 aromatic rings. The Morgan fingerprint density at radius 3 is 2.39 bits per heavy atom. The second kappa shape index (κ2) is 7.90. The maximum atomic E-state index is 12.2. The number of piperidine rings is 1. The zero-order chi connectivity index (χ0) is 16.9. The molecule has 2 rings (SSSR count). The van der Waals surface area contributed by atoms with Crippen molar-refractivity contribution < 1.29 is 13.2 Å². The van der Waals surface area contributed by atoms with Gasteiger partial charge in [-0.25, -0.2) is 13.1 Å². The predicted molar refractivity (Wildman–Crippen MR) is 89.9 cm³/mol. The summed E-state index contributed by atoms with van der Waals surface area (Å²) in [6, 6.07) is 5.93. The van der Waals surface area contributed by atoms with Gasteiger partial charge in [0.2, 0.25) is 10.0 Å². The highest BCUT2D eigenvalue weighted by Gasteiger charge is 2.17. The average Bonchev–Trinajstić information content (AvgIpc) is 2.56. The third-order valence-electron chi connectivity index (χ3n) is 4.25. The first-order valence-corrected chi connectivity index (χ1v) is 9.45. The van der Waals surface area contributed by atoms with E-state index < -0.39 is 10.0 Å². The van der Waals surface area contributed by atoms with E-state index in [-0.39, 0.29) is 10.8 Å². The highest BCUT2D eigenvalue weighted by molar-refractivity contribution is 7.89. The maximum absolute atomic E-state index is 12.2. The van der Waals surface area contributed by atoms with Gasteiger partial charge >= 0.3 is 0 Å². The number of hydrogen-bond donors (Lipinski definition) is 2. The fourth-order valence-electron chi connectivity index (χ4n) is 2.64. The molecule has 0 bridgehead atoms. The van der Waals surface area contributed by atoms with Crippen molar-refractivity contribution >= 4 is 15.9 Å². The molecule has 1 aliphatic heterocycles. The topological polar surface area (TPSA) is 78.5 Å². The Labute approximate surface area is 138 Å². The molecule has 1 aromatic carbocycles. The molecule has 0 saturated carbocycles. The zero-order valence-electron chi connectivity index (χ0n) is 13.7. The lowest BCUT2D eigenvalue weighted by Crippen LogP contribution is -2.39. The smallest absolute Gasteiger partial charge is 0.251 e. The van der Waals surface area contributed by atoms with E-state index in [0.717, 1.165) is 25.6 Å². The van der Waals surface area contributed by atoms with Crippen molar-refractivity contribution in [3.63, 3.8) is 0 Å². The van der Waals surface area contributed by atoms with Gasteiger partial charge in [0.1, 0.15) is 0 Å². The predicted octanol–water partition coefficient (Wildman–Crippen LogP) is 1.06. The second-order valence-electron chi connectivity index (χ2n) is 6.03. The van der Waals surface area contributed by atoms with E-state index in [2.05, 4.69) is 21.9 Å². The van der Waals surface area contributed by atoms with Gasteiger partial charge in [-0.05, 0) is 56.1 Å². The Morgan fingerprint density at radius 2 is 1.83 bits per heavy atom. The molecule has 1 amide bonds. The molecule has 128 valence electrons. The van der Waals surface area contributed by atoms with Crippen LogP contribution < -0.4 is 10.0 Å². The van der Waals surface area contributed by atoms with Crippen molar-refractivity contribution in [1.82, 2.24) is 14.9 Å². The summed E-state index contributed by atoms with van der Waals surface area (Å²) in [6.07, 6.45) is 2.35. The molecule has 0 atom stereocenters. The molecule has 1 aliphatic rings. The fourth-order valence-corrected chi connectivity index (χ4v) is 3.66. The second-order valence-corrected chi connectivity index (χ2v) is 7.79. The zero-order valence-corrected chi connectivity index (χ0v) is 14.5. The van der Waals surface area contributed by atoms with Gasteiger partial charge in [-0.2, -0.15) is 0 Å². The van der Waals surface area contributed by atoms with Crippen molar-refractivity contribution in [2.45, 2.75) is 24.7 Å². The molecule has 0 aromatic heterocycles. The highest BCUT2D eigenvalue weighted by Crippen LogP contribution is 2.15. The molecule has 1 saturated heterocycles. The van der Waals surface area contributed by atoms with Gasteiger partial charge in [0.15, 0.2) is 0 Å². The summed E-state index contributed by atoms with van der Waals surface area (Å²) in [5, 5.41) is 2.50. The van der Waals surface area contributed by atoms with Crippen molar-refractivity contribution in [2.24, 2.45) is 5.92 Å². The van der Waals surface area contributed by atoms with Crippen LogP contribution in [0.5, 0.6) is 0 Å². The summed E-state index contributed by atoms with van der Waals surface area (Å²) >= 11 is 0. The van der Waals surface area contributed by atoms with E-state index in [0.29, 0.717) is 12.1 Å². The molecular formula is C16H25N3O3S. The normalized spacial score (nSPS) is 17.1. The largest absolute Gasteiger partial charge is 0.355 e. The van der Waals surface area contributed by atoms with Crippen LogP contribution in [0.25, 0.3) is 0 Å². The van der Waals surface area contributed by atoms with Crippen molar-refractivity contribution in [1.29, 1.82) is 0 Å². The number of carbonyl (C=O) groups is 1.